The van der Waals surface area contributed by atoms with Crippen molar-refractivity contribution in [3.05, 3.63) is 29.3 Å². The molecule has 1 atom stereocenters. The Labute approximate surface area is 93.2 Å². The van der Waals surface area contributed by atoms with Crippen molar-refractivity contribution in [3.8, 4) is 5.75 Å². The molecule has 0 radical (unpaired) electrons. The molecule has 1 aromatic carbocycles. The lowest BCUT2D eigenvalue weighted by molar-refractivity contribution is -0.176. The van der Waals surface area contributed by atoms with Crippen molar-refractivity contribution in [2.45, 2.75) is 26.9 Å². The monoisotopic (exact) mass is 232 g/mol. The number of benzene rings is 1. The fourth-order valence-corrected chi connectivity index (χ4v) is 1.33. The van der Waals surface area contributed by atoms with Crippen LogP contribution in [0.5, 0.6) is 5.75 Å². The Morgan fingerprint density at radius 1 is 1.12 bits per heavy atom. The highest BCUT2D eigenvalue weighted by atomic mass is 19.4. The molecule has 1 nitrogen and oxygen atoms in total. The maximum atomic E-state index is 12.2. The summed E-state index contributed by atoms with van der Waals surface area (Å²) in [5, 5.41) is 0. The predicted molar refractivity (Wildman–Crippen MR) is 56.6 cm³/mol. The summed E-state index contributed by atoms with van der Waals surface area (Å²) in [6.07, 6.45) is -4.20. The van der Waals surface area contributed by atoms with E-state index in [-0.39, 0.29) is 6.61 Å². The molecule has 0 saturated carbocycles. The Kier molecular flexibility index (Phi) is 3.83. The van der Waals surface area contributed by atoms with Crippen molar-refractivity contribution in [2.24, 2.45) is 5.92 Å². The number of hydrogen-bond donors (Lipinski definition) is 0. The fourth-order valence-electron chi connectivity index (χ4n) is 1.33. The normalized spacial score (nSPS) is 13.6. The molecule has 0 amide bonds. The first-order chi connectivity index (χ1) is 7.29. The van der Waals surface area contributed by atoms with Crippen LogP contribution in [0.1, 0.15) is 18.1 Å². The summed E-state index contributed by atoms with van der Waals surface area (Å²) in [5.74, 6) is -0.957. The molecule has 90 valence electrons. The van der Waals surface area contributed by atoms with E-state index in [0.29, 0.717) is 5.75 Å². The van der Waals surface area contributed by atoms with Crippen LogP contribution in [0.2, 0.25) is 0 Å². The highest BCUT2D eigenvalue weighted by Gasteiger charge is 2.36. The molecule has 0 spiro atoms. The number of hydrogen-bond acceptors (Lipinski definition) is 1. The van der Waals surface area contributed by atoms with Crippen LogP contribution in [-0.2, 0) is 0 Å². The Morgan fingerprint density at radius 3 is 2.06 bits per heavy atom. The quantitative estimate of drug-likeness (QED) is 0.768. The first kappa shape index (κ1) is 12.9. The van der Waals surface area contributed by atoms with Crippen molar-refractivity contribution >= 4 is 0 Å². The number of rotatable bonds is 3. The molecule has 0 bridgehead atoms. The van der Waals surface area contributed by atoms with E-state index in [1.807, 2.05) is 19.9 Å². The van der Waals surface area contributed by atoms with E-state index in [1.54, 1.807) is 12.1 Å². The van der Waals surface area contributed by atoms with Gasteiger partial charge in [0, 0.05) is 0 Å². The summed E-state index contributed by atoms with van der Waals surface area (Å²) in [7, 11) is 0. The minimum Gasteiger partial charge on any atom is -0.493 e. The van der Waals surface area contributed by atoms with Gasteiger partial charge in [-0.1, -0.05) is 13.0 Å². The molecule has 0 saturated heterocycles. The van der Waals surface area contributed by atoms with Crippen LogP contribution < -0.4 is 4.74 Å². The standard InChI is InChI=1S/C12H15F3O/c1-8-4-9(2)6-11(5-8)16-7-10(3)12(13,14)15/h4-6,10H,7H2,1-3H3. The fraction of sp³-hybridized carbons (Fsp3) is 0.500. The van der Waals surface area contributed by atoms with Crippen LogP contribution >= 0.6 is 0 Å². The number of halogens is 3. The van der Waals surface area contributed by atoms with E-state index in [4.69, 9.17) is 4.74 Å². The van der Waals surface area contributed by atoms with Crippen LogP contribution in [0, 0.1) is 19.8 Å². The average Bonchev–Trinajstić information content (AvgIpc) is 2.11. The number of aryl methyl sites for hydroxylation is 2. The second-order valence-corrected chi connectivity index (χ2v) is 4.08. The van der Waals surface area contributed by atoms with Gasteiger partial charge < -0.3 is 4.74 Å². The van der Waals surface area contributed by atoms with Gasteiger partial charge in [-0.25, -0.2) is 0 Å². The zero-order valence-electron chi connectivity index (χ0n) is 9.56. The zero-order valence-corrected chi connectivity index (χ0v) is 9.56. The molecule has 4 heteroatoms. The zero-order chi connectivity index (χ0) is 12.3. The van der Waals surface area contributed by atoms with Gasteiger partial charge in [-0.3, -0.25) is 0 Å². The molecular weight excluding hydrogens is 217 g/mol. The first-order valence-corrected chi connectivity index (χ1v) is 5.07. The van der Waals surface area contributed by atoms with E-state index in [0.717, 1.165) is 18.1 Å². The van der Waals surface area contributed by atoms with Gasteiger partial charge in [0.15, 0.2) is 0 Å². The summed E-state index contributed by atoms with van der Waals surface area (Å²) < 4.78 is 41.8. The maximum Gasteiger partial charge on any atom is 0.394 e. The Balaban J connectivity index is 2.61. The highest BCUT2D eigenvalue weighted by Crippen LogP contribution is 2.26. The van der Waals surface area contributed by atoms with Crippen molar-refractivity contribution < 1.29 is 17.9 Å². The van der Waals surface area contributed by atoms with E-state index in [1.165, 1.54) is 0 Å². The molecule has 1 rings (SSSR count). The third kappa shape index (κ3) is 3.76. The van der Waals surface area contributed by atoms with Gasteiger partial charge in [-0.15, -0.1) is 0 Å². The van der Waals surface area contributed by atoms with E-state index >= 15 is 0 Å². The predicted octanol–water partition coefficient (Wildman–Crippen LogP) is 3.88. The molecule has 0 aliphatic heterocycles. The lowest BCUT2D eigenvalue weighted by Crippen LogP contribution is -2.25. The highest BCUT2D eigenvalue weighted by molar-refractivity contribution is 5.32. The second-order valence-electron chi connectivity index (χ2n) is 4.08. The smallest absolute Gasteiger partial charge is 0.394 e. The van der Waals surface area contributed by atoms with Crippen LogP contribution in [0.15, 0.2) is 18.2 Å². The van der Waals surface area contributed by atoms with Crippen LogP contribution in [0.25, 0.3) is 0 Å². The van der Waals surface area contributed by atoms with Gasteiger partial charge in [-0.2, -0.15) is 13.2 Å². The van der Waals surface area contributed by atoms with E-state index < -0.39 is 12.1 Å². The van der Waals surface area contributed by atoms with Crippen molar-refractivity contribution in [3.63, 3.8) is 0 Å². The molecule has 0 aromatic heterocycles. The number of ether oxygens (including phenoxy) is 1. The SMILES string of the molecule is Cc1cc(C)cc(OCC(C)C(F)(F)F)c1. The van der Waals surface area contributed by atoms with Crippen molar-refractivity contribution in [1.82, 2.24) is 0 Å². The molecule has 1 aromatic rings. The van der Waals surface area contributed by atoms with Gasteiger partial charge in [0.1, 0.15) is 5.75 Å². The summed E-state index contributed by atoms with van der Waals surface area (Å²) in [5.41, 5.74) is 1.96. The largest absolute Gasteiger partial charge is 0.493 e. The van der Waals surface area contributed by atoms with E-state index in [9.17, 15) is 13.2 Å². The van der Waals surface area contributed by atoms with Gasteiger partial charge >= 0.3 is 6.18 Å². The molecule has 0 aliphatic rings. The summed E-state index contributed by atoms with van der Waals surface area (Å²) in [6.45, 7) is 4.54. The lowest BCUT2D eigenvalue weighted by atomic mass is 10.1. The molecule has 0 heterocycles. The molecule has 0 N–H and O–H groups in total. The third-order valence-corrected chi connectivity index (χ3v) is 2.25. The molecule has 0 aliphatic carbocycles. The Bertz CT molecular complexity index is 338. The lowest BCUT2D eigenvalue weighted by Gasteiger charge is -2.16. The first-order valence-electron chi connectivity index (χ1n) is 5.07. The van der Waals surface area contributed by atoms with Gasteiger partial charge in [0.25, 0.3) is 0 Å². The Morgan fingerprint density at radius 2 is 1.62 bits per heavy atom. The topological polar surface area (TPSA) is 9.23 Å². The summed E-state index contributed by atoms with van der Waals surface area (Å²) in [4.78, 5) is 0. The van der Waals surface area contributed by atoms with Gasteiger partial charge in [-0.05, 0) is 37.1 Å². The van der Waals surface area contributed by atoms with Crippen molar-refractivity contribution in [2.75, 3.05) is 6.61 Å². The maximum absolute atomic E-state index is 12.2. The third-order valence-electron chi connectivity index (χ3n) is 2.25. The average molecular weight is 232 g/mol. The summed E-state index contributed by atoms with van der Waals surface area (Å²) in [6, 6.07) is 5.41. The van der Waals surface area contributed by atoms with Gasteiger partial charge in [0.05, 0.1) is 12.5 Å². The molecule has 0 fully saturated rings. The number of alkyl halides is 3. The van der Waals surface area contributed by atoms with Crippen LogP contribution in [-0.4, -0.2) is 12.8 Å². The molecule has 16 heavy (non-hydrogen) atoms. The van der Waals surface area contributed by atoms with Gasteiger partial charge in [0.2, 0.25) is 0 Å². The van der Waals surface area contributed by atoms with Crippen LogP contribution in [0.3, 0.4) is 0 Å². The van der Waals surface area contributed by atoms with Crippen molar-refractivity contribution in [1.29, 1.82) is 0 Å². The minimum atomic E-state index is -4.20. The van der Waals surface area contributed by atoms with E-state index in [2.05, 4.69) is 0 Å². The van der Waals surface area contributed by atoms with Crippen LogP contribution in [0.4, 0.5) is 13.2 Å². The minimum absolute atomic E-state index is 0.341. The molecular formula is C12H15F3O. The summed E-state index contributed by atoms with van der Waals surface area (Å²) >= 11 is 0. The molecule has 1 unspecified atom stereocenters. The second kappa shape index (κ2) is 4.76. The Hall–Kier alpha value is -1.19.